The van der Waals surface area contributed by atoms with E-state index in [9.17, 15) is 29.6 Å². The van der Waals surface area contributed by atoms with Gasteiger partial charge in [0.2, 0.25) is 11.8 Å². The van der Waals surface area contributed by atoms with Crippen LogP contribution in [0.5, 0.6) is 0 Å². The molecule has 0 aromatic heterocycles. The van der Waals surface area contributed by atoms with Crippen LogP contribution < -0.4 is 11.1 Å². The van der Waals surface area contributed by atoms with Crippen LogP contribution in [0.1, 0.15) is 18.4 Å². The number of thioether (sulfide) groups is 1. The van der Waals surface area contributed by atoms with Crippen LogP contribution in [0.2, 0.25) is 0 Å². The fraction of sp³-hybridized carbons (Fsp3) is 0.500. The van der Waals surface area contributed by atoms with Gasteiger partial charge in [-0.3, -0.25) is 19.7 Å². The molecule has 3 amide bonds. The minimum atomic E-state index is -1.33. The highest BCUT2D eigenvalue weighted by Crippen LogP contribution is 2.26. The lowest BCUT2D eigenvalue weighted by Gasteiger charge is -2.23. The Kier molecular flexibility index (Phi) is 9.40. The second-order valence-electron chi connectivity index (χ2n) is 6.94. The highest BCUT2D eigenvalue weighted by atomic mass is 32.2. The van der Waals surface area contributed by atoms with Gasteiger partial charge in [0, 0.05) is 35.7 Å². The Morgan fingerprint density at radius 3 is 2.68 bits per heavy atom. The van der Waals surface area contributed by atoms with Crippen molar-refractivity contribution in [1.29, 1.82) is 0 Å². The van der Waals surface area contributed by atoms with Gasteiger partial charge < -0.3 is 25.8 Å². The van der Waals surface area contributed by atoms with Crippen LogP contribution in [0.4, 0.5) is 10.5 Å². The van der Waals surface area contributed by atoms with Crippen molar-refractivity contribution >= 4 is 48.0 Å². The van der Waals surface area contributed by atoms with E-state index in [4.69, 9.17) is 10.5 Å². The Hall–Kier alpha value is -2.51. The normalized spacial score (nSPS) is 19.0. The maximum atomic E-state index is 12.5. The van der Waals surface area contributed by atoms with E-state index in [1.807, 2.05) is 0 Å². The Morgan fingerprint density at radius 2 is 2.06 bits per heavy atom. The summed E-state index contributed by atoms with van der Waals surface area (Å²) in [5.74, 6) is -0.682. The molecule has 3 unspecified atom stereocenters. The molecule has 1 aromatic rings. The highest BCUT2D eigenvalue weighted by molar-refractivity contribution is 8.00. The zero-order valence-corrected chi connectivity index (χ0v) is 18.2. The highest BCUT2D eigenvalue weighted by Gasteiger charge is 2.34. The third kappa shape index (κ3) is 8.26. The van der Waals surface area contributed by atoms with Gasteiger partial charge >= 0.3 is 6.09 Å². The van der Waals surface area contributed by atoms with E-state index in [-0.39, 0.29) is 35.8 Å². The molecule has 1 saturated heterocycles. The van der Waals surface area contributed by atoms with Gasteiger partial charge in [0.25, 0.3) is 5.69 Å². The third-order valence-electron chi connectivity index (χ3n) is 4.40. The summed E-state index contributed by atoms with van der Waals surface area (Å²) < 4.78 is 5.33. The predicted octanol–water partition coefficient (Wildman–Crippen LogP) is 0.647. The number of ether oxygens (including phenoxy) is 1. The van der Waals surface area contributed by atoms with Crippen molar-refractivity contribution in [2.75, 3.05) is 18.1 Å². The van der Waals surface area contributed by atoms with E-state index in [1.54, 1.807) is 4.90 Å². The molecule has 0 radical (unpaired) electrons. The van der Waals surface area contributed by atoms with Crippen molar-refractivity contribution in [3.05, 3.63) is 39.9 Å². The first-order chi connectivity index (χ1) is 14.7. The van der Waals surface area contributed by atoms with Crippen molar-refractivity contribution in [2.24, 2.45) is 5.73 Å². The van der Waals surface area contributed by atoms with E-state index in [0.29, 0.717) is 24.3 Å². The molecule has 3 atom stereocenters. The van der Waals surface area contributed by atoms with Crippen LogP contribution in [0.3, 0.4) is 0 Å². The summed E-state index contributed by atoms with van der Waals surface area (Å²) >= 11 is 5.71. The van der Waals surface area contributed by atoms with E-state index < -0.39 is 29.1 Å². The number of amides is 3. The molecule has 0 aliphatic carbocycles. The number of nitrogens with one attached hydrogen (secondary N) is 1. The molecule has 4 N–H and O–H groups in total. The van der Waals surface area contributed by atoms with Gasteiger partial charge in [-0.05, 0) is 24.1 Å². The lowest BCUT2D eigenvalue weighted by molar-refractivity contribution is -0.384. The second-order valence-corrected chi connectivity index (χ2v) is 8.70. The maximum Gasteiger partial charge on any atom is 0.410 e. The zero-order chi connectivity index (χ0) is 23.0. The monoisotopic (exact) mass is 472 g/mol. The molecule has 13 heteroatoms. The molecule has 1 aromatic carbocycles. The quantitative estimate of drug-likeness (QED) is 0.167. The minimum absolute atomic E-state index is 0.0232. The Bertz CT molecular complexity index is 809. The van der Waals surface area contributed by atoms with Crippen molar-refractivity contribution in [2.45, 2.75) is 37.0 Å². The molecule has 0 bridgehead atoms. The Morgan fingerprint density at radius 1 is 1.39 bits per heavy atom. The average molecular weight is 473 g/mol. The number of carbonyl (C=O) groups is 3. The molecule has 170 valence electrons. The second kappa shape index (κ2) is 11.8. The van der Waals surface area contributed by atoms with Crippen molar-refractivity contribution < 1.29 is 29.2 Å². The van der Waals surface area contributed by atoms with Gasteiger partial charge in [-0.15, -0.1) is 11.8 Å². The zero-order valence-electron chi connectivity index (χ0n) is 16.5. The molecule has 0 spiro atoms. The molecule has 1 aliphatic rings. The molecule has 31 heavy (non-hydrogen) atoms. The number of carbonyl (C=O) groups excluding carboxylic acids is 3. The molecule has 1 aliphatic heterocycles. The number of rotatable bonds is 10. The number of primary amides is 1. The predicted molar refractivity (Wildman–Crippen MR) is 116 cm³/mol. The number of benzene rings is 1. The first kappa shape index (κ1) is 24.8. The molecule has 0 saturated carbocycles. The first-order valence-electron chi connectivity index (χ1n) is 9.34. The van der Waals surface area contributed by atoms with Gasteiger partial charge in [0.1, 0.15) is 12.8 Å². The van der Waals surface area contributed by atoms with Crippen molar-refractivity contribution in [1.82, 2.24) is 10.2 Å². The molecule has 2 rings (SSSR count). The van der Waals surface area contributed by atoms with Crippen LogP contribution in [-0.2, 0) is 20.9 Å². The van der Waals surface area contributed by atoms with Gasteiger partial charge in [-0.1, -0.05) is 0 Å². The largest absolute Gasteiger partial charge is 0.445 e. The Labute approximate surface area is 188 Å². The summed E-state index contributed by atoms with van der Waals surface area (Å²) in [6, 6.07) is 5.55. The number of nitro groups is 1. The van der Waals surface area contributed by atoms with Crippen molar-refractivity contribution in [3.8, 4) is 0 Å². The summed E-state index contributed by atoms with van der Waals surface area (Å²) in [4.78, 5) is 46.8. The van der Waals surface area contributed by atoms with Gasteiger partial charge in [0.05, 0.1) is 17.1 Å². The van der Waals surface area contributed by atoms with E-state index in [2.05, 4.69) is 17.9 Å². The topological polar surface area (TPSA) is 165 Å². The van der Waals surface area contributed by atoms with Crippen LogP contribution in [0, 0.1) is 10.1 Å². The number of hydrogen-bond acceptors (Lipinski definition) is 9. The number of nitrogens with two attached hydrogens (primary N) is 1. The molecular formula is C18H24N4O7S2. The number of nitro benzene ring substituents is 1. The fourth-order valence-corrected chi connectivity index (χ4v) is 4.37. The SMILES string of the molecule is NC(=O)CC(O)NC(=O)CSCC1CC(S)CN1C(=O)OCc1ccc([N+](=O)[O-])cc1. The summed E-state index contributed by atoms with van der Waals surface area (Å²) in [7, 11) is 0. The lowest BCUT2D eigenvalue weighted by atomic mass is 10.2. The minimum Gasteiger partial charge on any atom is -0.445 e. The van der Waals surface area contributed by atoms with Crippen LogP contribution in [0.25, 0.3) is 0 Å². The number of thiol groups is 1. The summed E-state index contributed by atoms with van der Waals surface area (Å²) in [5, 5.41) is 22.4. The number of likely N-dealkylation sites (tertiary alicyclic amines) is 1. The summed E-state index contributed by atoms with van der Waals surface area (Å²) in [6.45, 7) is 0.377. The van der Waals surface area contributed by atoms with Crippen molar-refractivity contribution in [3.63, 3.8) is 0 Å². The molecule has 1 heterocycles. The standard InChI is InChI=1S/C18H24N4O7S2/c19-15(23)6-16(24)20-17(25)10-31-9-13-5-14(30)7-21(13)18(26)29-8-11-1-3-12(4-2-11)22(27)28/h1-4,13-14,16,24,30H,5-10H2,(H2,19,23)(H,20,25). The number of hydrogen-bond donors (Lipinski definition) is 4. The van der Waals surface area contributed by atoms with Crippen LogP contribution in [-0.4, -0.2) is 68.4 Å². The summed E-state index contributed by atoms with van der Waals surface area (Å²) in [5.41, 5.74) is 5.53. The maximum absolute atomic E-state index is 12.5. The average Bonchev–Trinajstić information content (AvgIpc) is 3.06. The molecule has 1 fully saturated rings. The number of non-ortho nitro benzene ring substituents is 1. The van der Waals surface area contributed by atoms with Gasteiger partial charge in [-0.2, -0.15) is 12.6 Å². The third-order valence-corrected chi connectivity index (χ3v) is 5.86. The van der Waals surface area contributed by atoms with Crippen LogP contribution in [0.15, 0.2) is 24.3 Å². The summed E-state index contributed by atoms with van der Waals surface area (Å²) in [6.07, 6.45) is -1.59. The Balaban J connectivity index is 1.79. The van der Waals surface area contributed by atoms with E-state index in [0.717, 1.165) is 0 Å². The lowest BCUT2D eigenvalue weighted by Crippen LogP contribution is -2.39. The first-order valence-corrected chi connectivity index (χ1v) is 11.0. The smallest absolute Gasteiger partial charge is 0.410 e. The number of nitrogens with zero attached hydrogens (tertiary/aromatic N) is 2. The van der Waals surface area contributed by atoms with E-state index in [1.165, 1.54) is 36.0 Å². The van der Waals surface area contributed by atoms with Crippen LogP contribution >= 0.6 is 24.4 Å². The molecular weight excluding hydrogens is 448 g/mol. The van der Waals surface area contributed by atoms with E-state index >= 15 is 0 Å². The molecule has 11 nitrogen and oxygen atoms in total. The fourth-order valence-electron chi connectivity index (χ4n) is 2.97. The number of aliphatic hydroxyl groups is 1. The number of aliphatic hydroxyl groups excluding tert-OH is 1. The van der Waals surface area contributed by atoms with Gasteiger partial charge in [-0.25, -0.2) is 4.79 Å². The van der Waals surface area contributed by atoms with Gasteiger partial charge in [0.15, 0.2) is 0 Å².